The summed E-state index contributed by atoms with van der Waals surface area (Å²) in [6, 6.07) is 0. The first-order chi connectivity index (χ1) is 14.5. The molecule has 31 heavy (non-hydrogen) atoms. The van der Waals surface area contributed by atoms with Crippen LogP contribution in [0.15, 0.2) is 0 Å². The number of hydrogen-bond acceptors (Lipinski definition) is 9. The molecule has 2 aliphatic carbocycles. The summed E-state index contributed by atoms with van der Waals surface area (Å²) in [6.07, 6.45) is -3.16. The lowest BCUT2D eigenvalue weighted by atomic mass is 9.51. The molecule has 6 rings (SSSR count). The van der Waals surface area contributed by atoms with Crippen LogP contribution < -0.4 is 0 Å². The van der Waals surface area contributed by atoms with Crippen LogP contribution in [0.1, 0.15) is 40.5 Å². The van der Waals surface area contributed by atoms with Crippen LogP contribution in [0, 0.1) is 28.1 Å². The number of aliphatic hydroxyl groups excluding tert-OH is 1. The van der Waals surface area contributed by atoms with Gasteiger partial charge in [-0.15, -0.1) is 0 Å². The number of methoxy groups -OCH3 is 2. The molecule has 1 N–H and O–H groups in total. The Balaban J connectivity index is 1.69. The van der Waals surface area contributed by atoms with Crippen LogP contribution in [0.4, 0.5) is 0 Å². The van der Waals surface area contributed by atoms with Crippen molar-refractivity contribution in [3.63, 3.8) is 0 Å². The Hall–Kier alpha value is -1.26. The van der Waals surface area contributed by atoms with Crippen molar-refractivity contribution in [3.8, 4) is 0 Å². The fourth-order valence-electron chi connectivity index (χ4n) is 8.89. The molecular formula is C22H30O9. The molecule has 1 unspecified atom stereocenters. The molecule has 172 valence electrons. The minimum Gasteiger partial charge on any atom is -0.459 e. The van der Waals surface area contributed by atoms with Gasteiger partial charge in [-0.2, -0.15) is 0 Å². The topological polar surface area (TPSA) is 110 Å². The van der Waals surface area contributed by atoms with Gasteiger partial charge in [-0.1, -0.05) is 27.7 Å². The minimum atomic E-state index is -1.57. The summed E-state index contributed by atoms with van der Waals surface area (Å²) in [5.41, 5.74) is -4.98. The zero-order valence-electron chi connectivity index (χ0n) is 18.7. The zero-order valence-corrected chi connectivity index (χ0v) is 18.7. The molecule has 4 saturated heterocycles. The van der Waals surface area contributed by atoms with E-state index in [0.717, 1.165) is 0 Å². The van der Waals surface area contributed by atoms with E-state index in [2.05, 4.69) is 20.8 Å². The number of carbonyl (C=O) groups excluding carboxylic acids is 2. The zero-order chi connectivity index (χ0) is 22.4. The fourth-order valence-corrected chi connectivity index (χ4v) is 8.89. The van der Waals surface area contributed by atoms with E-state index in [1.165, 1.54) is 14.2 Å². The van der Waals surface area contributed by atoms with E-state index in [1.807, 2.05) is 0 Å². The first-order valence-electron chi connectivity index (χ1n) is 11.0. The Morgan fingerprint density at radius 1 is 1.13 bits per heavy atom. The van der Waals surface area contributed by atoms with Crippen molar-refractivity contribution < 1.29 is 43.1 Å². The molecule has 4 heterocycles. The van der Waals surface area contributed by atoms with Crippen molar-refractivity contribution in [2.75, 3.05) is 14.2 Å². The number of esters is 2. The van der Waals surface area contributed by atoms with Gasteiger partial charge in [0.1, 0.15) is 11.7 Å². The minimum absolute atomic E-state index is 0.0886. The predicted molar refractivity (Wildman–Crippen MR) is 101 cm³/mol. The van der Waals surface area contributed by atoms with Crippen LogP contribution in [-0.2, 0) is 38.0 Å². The third-order valence-corrected chi connectivity index (χ3v) is 9.62. The van der Waals surface area contributed by atoms with Gasteiger partial charge in [0, 0.05) is 20.1 Å². The van der Waals surface area contributed by atoms with Crippen molar-refractivity contribution in [2.45, 2.75) is 82.6 Å². The van der Waals surface area contributed by atoms with Gasteiger partial charge in [0.05, 0.1) is 16.9 Å². The van der Waals surface area contributed by atoms with E-state index >= 15 is 0 Å². The maximum Gasteiger partial charge on any atom is 0.342 e. The highest BCUT2D eigenvalue weighted by Crippen LogP contribution is 2.85. The maximum absolute atomic E-state index is 13.7. The van der Waals surface area contributed by atoms with Gasteiger partial charge in [-0.05, 0) is 24.2 Å². The summed E-state index contributed by atoms with van der Waals surface area (Å²) in [4.78, 5) is 26.7. The molecular weight excluding hydrogens is 408 g/mol. The van der Waals surface area contributed by atoms with Crippen LogP contribution >= 0.6 is 0 Å². The second-order valence-electron chi connectivity index (χ2n) is 11.1. The Labute approximate surface area is 180 Å². The Kier molecular flexibility index (Phi) is 3.57. The van der Waals surface area contributed by atoms with Crippen molar-refractivity contribution in [3.05, 3.63) is 0 Å². The van der Waals surface area contributed by atoms with Gasteiger partial charge in [0.25, 0.3) is 0 Å². The quantitative estimate of drug-likeness (QED) is 0.625. The van der Waals surface area contributed by atoms with Crippen molar-refractivity contribution >= 4 is 11.9 Å². The molecule has 6 aliphatic rings. The number of aliphatic hydroxyl groups is 1. The summed E-state index contributed by atoms with van der Waals surface area (Å²) in [5, 5.41) is 10.6. The molecule has 0 aromatic carbocycles. The SMILES string of the molecule is CO[C@H]1C(=O)O[C@H]2O[C@]34C(=O)O[C@@H]5C[C@@H](C(C)(C)C)[C@]21[C@]53C[C@@H]1OC(O)[C@@H](C)[C@@]14OC. The second-order valence-corrected chi connectivity index (χ2v) is 11.1. The second kappa shape index (κ2) is 5.44. The van der Waals surface area contributed by atoms with Gasteiger partial charge in [-0.3, -0.25) is 0 Å². The first-order valence-corrected chi connectivity index (χ1v) is 11.0. The molecule has 0 bridgehead atoms. The van der Waals surface area contributed by atoms with Gasteiger partial charge in [-0.25, -0.2) is 9.59 Å². The van der Waals surface area contributed by atoms with Gasteiger partial charge in [0.15, 0.2) is 12.4 Å². The number of ether oxygens (including phenoxy) is 6. The van der Waals surface area contributed by atoms with E-state index in [1.54, 1.807) is 6.92 Å². The van der Waals surface area contributed by atoms with Gasteiger partial charge < -0.3 is 33.5 Å². The average Bonchev–Trinajstić information content (AvgIpc) is 3.39. The molecule has 9 nitrogen and oxygen atoms in total. The molecule has 0 aromatic heterocycles. The first kappa shape index (κ1) is 20.4. The normalized spacial score (nSPS) is 58.7. The molecule has 4 aliphatic heterocycles. The Morgan fingerprint density at radius 3 is 2.45 bits per heavy atom. The Bertz CT molecular complexity index is 883. The smallest absolute Gasteiger partial charge is 0.342 e. The number of carbonyl (C=O) groups is 2. The monoisotopic (exact) mass is 438 g/mol. The molecule has 0 amide bonds. The van der Waals surface area contributed by atoms with Gasteiger partial charge in [0.2, 0.25) is 11.9 Å². The van der Waals surface area contributed by atoms with Crippen LogP contribution in [0.25, 0.3) is 0 Å². The number of hydrogen-bond donors (Lipinski definition) is 1. The maximum atomic E-state index is 13.7. The molecule has 9 heteroatoms. The molecule has 6 fully saturated rings. The lowest BCUT2D eigenvalue weighted by molar-refractivity contribution is -0.245. The summed E-state index contributed by atoms with van der Waals surface area (Å²) in [5.74, 6) is -1.66. The lowest BCUT2D eigenvalue weighted by Gasteiger charge is -2.48. The summed E-state index contributed by atoms with van der Waals surface area (Å²) in [7, 11) is 3.01. The van der Waals surface area contributed by atoms with E-state index < -0.39 is 70.8 Å². The predicted octanol–water partition coefficient (Wildman–Crippen LogP) is 0.760. The number of fused-ring (bicyclic) bond motifs is 1. The third-order valence-electron chi connectivity index (χ3n) is 9.62. The number of rotatable bonds is 2. The lowest BCUT2D eigenvalue weighted by Crippen LogP contribution is -2.67. The summed E-state index contributed by atoms with van der Waals surface area (Å²) >= 11 is 0. The fraction of sp³-hybridized carbons (Fsp3) is 0.909. The molecule has 0 radical (unpaired) electrons. The van der Waals surface area contributed by atoms with E-state index in [9.17, 15) is 14.7 Å². The van der Waals surface area contributed by atoms with Crippen molar-refractivity contribution in [2.24, 2.45) is 28.1 Å². The molecule has 11 atom stereocenters. The molecule has 0 aromatic rings. The summed E-state index contributed by atoms with van der Waals surface area (Å²) < 4.78 is 36.3. The van der Waals surface area contributed by atoms with Gasteiger partial charge >= 0.3 is 11.9 Å². The van der Waals surface area contributed by atoms with Crippen molar-refractivity contribution in [1.29, 1.82) is 0 Å². The average molecular weight is 438 g/mol. The van der Waals surface area contributed by atoms with E-state index in [0.29, 0.717) is 12.8 Å². The van der Waals surface area contributed by atoms with Crippen molar-refractivity contribution in [1.82, 2.24) is 0 Å². The largest absolute Gasteiger partial charge is 0.459 e. The highest BCUT2D eigenvalue weighted by atomic mass is 16.8. The van der Waals surface area contributed by atoms with Crippen LogP contribution in [0.3, 0.4) is 0 Å². The highest BCUT2D eigenvalue weighted by molar-refractivity contribution is 5.91. The standard InChI is InChI=1S/C22H30O9/c1-9-14(23)28-12-8-19-11-7-10(18(2,3)4)20(19)13(26-5)15(24)30-17(20)31-22(19,16(25)29-11)21(9,12)27-6/h9-14,17,23H,7-8H2,1-6H3/t9-,10+,11-,12+,13+,14?,17+,19+,20-,21-,22-/m1/s1. The molecule has 2 saturated carbocycles. The van der Waals surface area contributed by atoms with E-state index in [4.69, 9.17) is 28.4 Å². The highest BCUT2D eigenvalue weighted by Gasteiger charge is 3.01. The Morgan fingerprint density at radius 2 is 1.84 bits per heavy atom. The van der Waals surface area contributed by atoms with Crippen LogP contribution in [-0.4, -0.2) is 73.4 Å². The third kappa shape index (κ3) is 1.62. The summed E-state index contributed by atoms with van der Waals surface area (Å²) in [6.45, 7) is 8.14. The van der Waals surface area contributed by atoms with Crippen LogP contribution in [0.5, 0.6) is 0 Å². The van der Waals surface area contributed by atoms with E-state index in [-0.39, 0.29) is 11.3 Å². The van der Waals surface area contributed by atoms with Crippen LogP contribution in [0.2, 0.25) is 0 Å². The molecule has 2 spiro atoms.